The highest BCUT2D eigenvalue weighted by Gasteiger charge is 2.39. The first-order chi connectivity index (χ1) is 30.9. The van der Waals surface area contributed by atoms with Gasteiger partial charge in [-0.15, -0.1) is 0 Å². The Morgan fingerprint density at radius 2 is 0.875 bits per heavy atom. The Morgan fingerprint density at radius 1 is 0.375 bits per heavy atom. The first kappa shape index (κ1) is 39.5. The summed E-state index contributed by atoms with van der Waals surface area (Å²) in [6, 6.07) is 51.2. The predicted octanol–water partition coefficient (Wildman–Crippen LogP) is 14.5. The van der Waals surface area contributed by atoms with Gasteiger partial charge in [0.25, 0.3) is 0 Å². The average molecular weight is 848 g/mol. The summed E-state index contributed by atoms with van der Waals surface area (Å²) in [6.45, 7) is 0. The van der Waals surface area contributed by atoms with Crippen LogP contribution in [0.3, 0.4) is 0 Å². The molecule has 0 N–H and O–H groups in total. The monoisotopic (exact) mass is 847 g/mol. The van der Waals surface area contributed by atoms with Gasteiger partial charge < -0.3 is 9.13 Å². The Balaban J connectivity index is 1.30. The number of para-hydroxylation sites is 2. The Kier molecular flexibility index (Phi) is 9.14. The van der Waals surface area contributed by atoms with Crippen molar-refractivity contribution < 1.29 is 26.3 Å². The minimum atomic E-state index is -5.22. The minimum absolute atomic E-state index is 0.0700. The number of alkyl halides is 6. The number of aromatic nitrogens is 2. The van der Waals surface area contributed by atoms with Crippen molar-refractivity contribution in [2.75, 3.05) is 0 Å². The maximum Gasteiger partial charge on any atom is 0.417 e. The molecule has 306 valence electrons. The third-order valence-corrected chi connectivity index (χ3v) is 11.7. The number of nitriles is 3. The van der Waals surface area contributed by atoms with Gasteiger partial charge in [-0.2, -0.15) is 42.1 Å². The van der Waals surface area contributed by atoms with E-state index in [2.05, 4.69) is 18.2 Å². The fourth-order valence-electron chi connectivity index (χ4n) is 8.80. The van der Waals surface area contributed by atoms with Gasteiger partial charge in [0.05, 0.1) is 73.4 Å². The summed E-state index contributed by atoms with van der Waals surface area (Å²) in [4.78, 5) is 0. The molecular formula is C53H27F6N5. The zero-order valence-corrected chi connectivity index (χ0v) is 33.1. The van der Waals surface area contributed by atoms with E-state index in [1.807, 2.05) is 78.9 Å². The maximum atomic E-state index is 15.2. The van der Waals surface area contributed by atoms with Gasteiger partial charge in [0.15, 0.2) is 0 Å². The number of hydrogen-bond acceptors (Lipinski definition) is 3. The highest BCUT2D eigenvalue weighted by atomic mass is 19.4. The van der Waals surface area contributed by atoms with Crippen molar-refractivity contribution in [3.63, 3.8) is 0 Å². The van der Waals surface area contributed by atoms with Crippen LogP contribution in [-0.2, 0) is 12.4 Å². The van der Waals surface area contributed by atoms with Crippen molar-refractivity contribution in [3.8, 4) is 63.0 Å². The zero-order chi connectivity index (χ0) is 44.5. The largest absolute Gasteiger partial charge is 0.417 e. The van der Waals surface area contributed by atoms with E-state index in [1.54, 1.807) is 63.7 Å². The lowest BCUT2D eigenvalue weighted by Gasteiger charge is -2.22. The van der Waals surface area contributed by atoms with Gasteiger partial charge in [0, 0.05) is 27.1 Å². The minimum Gasteiger partial charge on any atom is -0.309 e. The molecule has 8 aromatic carbocycles. The molecule has 0 aliphatic heterocycles. The Hall–Kier alpha value is -8.59. The summed E-state index contributed by atoms with van der Waals surface area (Å²) in [5.74, 6) is 0. The summed E-state index contributed by atoms with van der Waals surface area (Å²) in [7, 11) is 0. The zero-order valence-electron chi connectivity index (χ0n) is 33.1. The quantitative estimate of drug-likeness (QED) is 0.162. The van der Waals surface area contributed by atoms with Gasteiger partial charge in [0.1, 0.15) is 6.07 Å². The molecule has 0 aliphatic rings. The molecule has 2 aromatic heterocycles. The van der Waals surface area contributed by atoms with E-state index in [0.717, 1.165) is 44.5 Å². The number of fused-ring (bicyclic) bond motifs is 6. The lowest BCUT2D eigenvalue weighted by Crippen LogP contribution is -2.13. The summed E-state index contributed by atoms with van der Waals surface area (Å²) in [5.41, 5.74) is 3.33. The second-order valence-electron chi connectivity index (χ2n) is 15.3. The van der Waals surface area contributed by atoms with Crippen molar-refractivity contribution >= 4 is 43.6 Å². The number of benzene rings is 8. The lowest BCUT2D eigenvalue weighted by molar-refractivity contribution is -0.142. The molecule has 10 aromatic rings. The fraction of sp³-hybridized carbons (Fsp3) is 0.0377. The topological polar surface area (TPSA) is 81.2 Å². The van der Waals surface area contributed by atoms with E-state index in [9.17, 15) is 29.0 Å². The van der Waals surface area contributed by atoms with Crippen LogP contribution in [0.25, 0.3) is 88.4 Å². The Morgan fingerprint density at radius 3 is 1.38 bits per heavy atom. The second-order valence-corrected chi connectivity index (χ2v) is 15.3. The van der Waals surface area contributed by atoms with Gasteiger partial charge in [-0.25, -0.2) is 0 Å². The summed E-state index contributed by atoms with van der Waals surface area (Å²) < 4.78 is 91.6. The molecule has 0 saturated heterocycles. The van der Waals surface area contributed by atoms with E-state index in [4.69, 9.17) is 0 Å². The van der Waals surface area contributed by atoms with Crippen molar-refractivity contribution in [2.45, 2.75) is 12.4 Å². The third-order valence-electron chi connectivity index (χ3n) is 11.7. The van der Waals surface area contributed by atoms with Gasteiger partial charge >= 0.3 is 12.4 Å². The van der Waals surface area contributed by atoms with Crippen molar-refractivity contribution in [1.82, 2.24) is 9.13 Å². The van der Waals surface area contributed by atoms with Crippen LogP contribution in [0.1, 0.15) is 27.8 Å². The lowest BCUT2D eigenvalue weighted by atomic mass is 9.93. The van der Waals surface area contributed by atoms with Crippen LogP contribution in [0.2, 0.25) is 0 Å². The molecule has 0 amide bonds. The van der Waals surface area contributed by atoms with Crippen LogP contribution in [0.15, 0.2) is 164 Å². The molecule has 2 heterocycles. The molecule has 5 nitrogen and oxygen atoms in total. The predicted molar refractivity (Wildman–Crippen MR) is 236 cm³/mol. The standard InChI is InChI=1S/C53H27F6N5/c54-52(55,56)38-17-18-39(45(26-38)53(57,58)59)44-27-50(63-46-13-3-1-11-40(46)42-23-35(15-19-48(42)63)33-9-5-7-31(21-33)28-60)37(30-62)25-51(44)64-47-14-4-2-12-41(47)43-24-36(16-20-49(43)64)34-10-6-8-32(22-34)29-61/h1-27H. The van der Waals surface area contributed by atoms with Crippen LogP contribution in [0, 0.1) is 34.0 Å². The molecule has 0 unspecified atom stereocenters. The maximum absolute atomic E-state index is 15.2. The van der Waals surface area contributed by atoms with Crippen molar-refractivity contribution in [1.29, 1.82) is 15.8 Å². The normalized spacial score (nSPS) is 11.9. The van der Waals surface area contributed by atoms with Crippen molar-refractivity contribution in [2.24, 2.45) is 0 Å². The van der Waals surface area contributed by atoms with Gasteiger partial charge in [-0.1, -0.05) is 78.9 Å². The van der Waals surface area contributed by atoms with Crippen LogP contribution < -0.4 is 0 Å². The molecule has 0 saturated carbocycles. The first-order valence-electron chi connectivity index (χ1n) is 19.8. The first-order valence-corrected chi connectivity index (χ1v) is 19.8. The van der Waals surface area contributed by atoms with Gasteiger partial charge in [-0.05, 0) is 113 Å². The molecule has 0 radical (unpaired) electrons. The second kappa shape index (κ2) is 14.8. The fourth-order valence-corrected chi connectivity index (χ4v) is 8.80. The van der Waals surface area contributed by atoms with Crippen molar-refractivity contribution in [3.05, 3.63) is 192 Å². The Bertz CT molecular complexity index is 3700. The smallest absolute Gasteiger partial charge is 0.309 e. The van der Waals surface area contributed by atoms with E-state index in [1.165, 1.54) is 12.1 Å². The number of nitrogens with zero attached hydrogens (tertiary/aromatic N) is 5. The summed E-state index contributed by atoms with van der Waals surface area (Å²) in [6.07, 6.45) is -10.3. The highest BCUT2D eigenvalue weighted by Crippen LogP contribution is 2.46. The van der Waals surface area contributed by atoms with Crippen LogP contribution in [0.5, 0.6) is 0 Å². The Labute approximate surface area is 360 Å². The third kappa shape index (κ3) is 6.48. The number of hydrogen-bond donors (Lipinski definition) is 0. The van der Waals surface area contributed by atoms with E-state index in [-0.39, 0.29) is 28.6 Å². The van der Waals surface area contributed by atoms with Crippen LogP contribution >= 0.6 is 0 Å². The molecule has 0 atom stereocenters. The molecular weight excluding hydrogens is 821 g/mol. The summed E-state index contributed by atoms with van der Waals surface area (Å²) >= 11 is 0. The molecule has 10 rings (SSSR count). The molecule has 0 spiro atoms. The SMILES string of the molecule is N#Cc1cccc(-c2ccc3c(c2)c2ccccc2n3-c2cc(-c3ccc(C(F)(F)F)cc3C(F)(F)F)c(-n3c4ccccc4c4cc(-c5cccc(C#N)c5)ccc43)cc2C#N)c1. The van der Waals surface area contributed by atoms with Gasteiger partial charge in [-0.3, -0.25) is 0 Å². The number of rotatable bonds is 5. The molecule has 11 heteroatoms. The molecule has 0 fully saturated rings. The molecule has 0 aliphatic carbocycles. The van der Waals surface area contributed by atoms with E-state index in [0.29, 0.717) is 44.6 Å². The van der Waals surface area contributed by atoms with E-state index < -0.39 is 29.0 Å². The van der Waals surface area contributed by atoms with Crippen LogP contribution in [-0.4, -0.2) is 9.13 Å². The molecule has 64 heavy (non-hydrogen) atoms. The molecule has 0 bridgehead atoms. The van der Waals surface area contributed by atoms with Gasteiger partial charge in [0.2, 0.25) is 0 Å². The van der Waals surface area contributed by atoms with E-state index >= 15 is 13.2 Å². The van der Waals surface area contributed by atoms with Crippen LogP contribution in [0.4, 0.5) is 26.3 Å². The number of halogens is 6. The average Bonchev–Trinajstić information content (AvgIpc) is 3.82. The summed E-state index contributed by atoms with van der Waals surface area (Å²) in [5, 5.41) is 33.1. The highest BCUT2D eigenvalue weighted by molar-refractivity contribution is 6.12.